The number of methoxy groups -OCH3 is 1. The van der Waals surface area contributed by atoms with E-state index >= 15 is 0 Å². The highest BCUT2D eigenvalue weighted by Gasteiger charge is 2.34. The number of hydrogen-bond donors (Lipinski definition) is 1. The van der Waals surface area contributed by atoms with Crippen molar-refractivity contribution in [1.29, 1.82) is 0 Å². The Hall–Kier alpha value is -2.75. The summed E-state index contributed by atoms with van der Waals surface area (Å²) in [4.78, 5) is 31.6. The van der Waals surface area contributed by atoms with Gasteiger partial charge in [-0.3, -0.25) is 20.1 Å². The van der Waals surface area contributed by atoms with Crippen LogP contribution in [-0.2, 0) is 9.53 Å². The lowest BCUT2D eigenvalue weighted by molar-refractivity contribution is -0.384. The number of aromatic amines is 1. The van der Waals surface area contributed by atoms with Gasteiger partial charge in [-0.15, -0.1) is 0 Å². The minimum absolute atomic E-state index is 0.128. The van der Waals surface area contributed by atoms with Gasteiger partial charge in [-0.25, -0.2) is 9.78 Å². The molecule has 122 valence electrons. The van der Waals surface area contributed by atoms with Crippen molar-refractivity contribution in [3.63, 3.8) is 0 Å². The second-order valence-electron chi connectivity index (χ2n) is 4.36. The van der Waals surface area contributed by atoms with Crippen molar-refractivity contribution in [2.45, 2.75) is 19.4 Å². The minimum Gasteiger partial charge on any atom is -0.467 e. The van der Waals surface area contributed by atoms with Crippen LogP contribution in [0.5, 0.6) is 0 Å². The Morgan fingerprint density at radius 1 is 1.61 bits per heavy atom. The Kier molecular flexibility index (Phi) is 5.06. The number of carbonyl (C=O) groups excluding carboxylic acids is 1. The van der Waals surface area contributed by atoms with Crippen LogP contribution in [0.2, 0.25) is 5.28 Å². The number of esters is 1. The average Bonchev–Trinajstić information content (AvgIpc) is 3.05. The number of rotatable bonds is 6. The van der Waals surface area contributed by atoms with Gasteiger partial charge in [-0.05, 0) is 18.0 Å². The van der Waals surface area contributed by atoms with Gasteiger partial charge in [0.05, 0.1) is 18.2 Å². The van der Waals surface area contributed by atoms with Gasteiger partial charge in [-0.1, -0.05) is 6.92 Å². The van der Waals surface area contributed by atoms with Crippen LogP contribution in [0.25, 0.3) is 0 Å². The molecule has 2 rings (SSSR count). The van der Waals surface area contributed by atoms with E-state index in [-0.39, 0.29) is 11.1 Å². The Morgan fingerprint density at radius 2 is 2.35 bits per heavy atom. The van der Waals surface area contributed by atoms with Gasteiger partial charge >= 0.3 is 11.7 Å². The summed E-state index contributed by atoms with van der Waals surface area (Å²) in [6, 6.07) is 0.691. The number of H-pyrrole nitrogens is 1. The number of carbonyl (C=O) groups is 1. The highest BCUT2D eigenvalue weighted by molar-refractivity contribution is 6.28. The molecule has 0 bridgehead atoms. The number of nitrogens with one attached hydrogen (secondary N) is 1. The number of nitrogens with zero attached hydrogens (tertiary/aromatic N) is 5. The Morgan fingerprint density at radius 3 is 2.87 bits per heavy atom. The molecule has 0 saturated heterocycles. The predicted octanol–water partition coefficient (Wildman–Crippen LogP) is 1.85. The number of anilines is 2. The van der Waals surface area contributed by atoms with E-state index in [0.717, 1.165) is 6.20 Å². The lowest BCUT2D eigenvalue weighted by Crippen LogP contribution is -2.39. The van der Waals surface area contributed by atoms with E-state index < -0.39 is 22.6 Å². The fraction of sp³-hybridized carbons (Fsp3) is 0.333. The van der Waals surface area contributed by atoms with Crippen LogP contribution < -0.4 is 4.90 Å². The SMILES string of the molecule is CCC(C(=O)OC)N(c1ccn[nH]1)c1nc(Cl)ncc1[N+](=O)[O-]. The topological polar surface area (TPSA) is 127 Å². The molecule has 2 aromatic rings. The third-order valence-corrected chi connectivity index (χ3v) is 3.24. The van der Waals surface area contributed by atoms with Crippen molar-refractivity contribution in [2.24, 2.45) is 0 Å². The predicted molar refractivity (Wildman–Crippen MR) is 80.5 cm³/mol. The van der Waals surface area contributed by atoms with E-state index in [9.17, 15) is 14.9 Å². The molecule has 0 radical (unpaired) electrons. The van der Waals surface area contributed by atoms with E-state index in [2.05, 4.69) is 20.2 Å². The smallest absolute Gasteiger partial charge is 0.330 e. The number of hydrogen-bond acceptors (Lipinski definition) is 8. The van der Waals surface area contributed by atoms with Crippen LogP contribution in [0.4, 0.5) is 17.3 Å². The van der Waals surface area contributed by atoms with Gasteiger partial charge in [-0.2, -0.15) is 10.1 Å². The summed E-state index contributed by atoms with van der Waals surface area (Å²) in [5.74, 6) is -0.372. The molecule has 0 aromatic carbocycles. The highest BCUT2D eigenvalue weighted by Crippen LogP contribution is 2.33. The number of aromatic nitrogens is 4. The number of halogens is 1. The lowest BCUT2D eigenvalue weighted by atomic mass is 10.2. The maximum Gasteiger partial charge on any atom is 0.330 e. The first-order valence-corrected chi connectivity index (χ1v) is 6.90. The second-order valence-corrected chi connectivity index (χ2v) is 4.70. The molecule has 0 spiro atoms. The first-order chi connectivity index (χ1) is 11.0. The summed E-state index contributed by atoms with van der Waals surface area (Å²) in [6.45, 7) is 1.74. The fourth-order valence-corrected chi connectivity index (χ4v) is 2.18. The molecule has 0 aliphatic heterocycles. The van der Waals surface area contributed by atoms with Gasteiger partial charge in [0, 0.05) is 6.07 Å². The van der Waals surface area contributed by atoms with Gasteiger partial charge in [0.25, 0.3) is 0 Å². The molecule has 11 heteroatoms. The summed E-state index contributed by atoms with van der Waals surface area (Å²) >= 11 is 5.77. The number of ether oxygens (including phenoxy) is 1. The first-order valence-electron chi connectivity index (χ1n) is 6.53. The molecule has 1 unspecified atom stereocenters. The average molecular weight is 341 g/mol. The molecule has 2 heterocycles. The number of nitro groups is 1. The van der Waals surface area contributed by atoms with E-state index in [0.29, 0.717) is 12.2 Å². The Bertz CT molecular complexity index is 708. The molecule has 1 atom stereocenters. The monoisotopic (exact) mass is 340 g/mol. The summed E-state index contributed by atoms with van der Waals surface area (Å²) in [5.41, 5.74) is -0.397. The molecular weight excluding hydrogens is 328 g/mol. The van der Waals surface area contributed by atoms with Crippen LogP contribution in [0, 0.1) is 10.1 Å². The summed E-state index contributed by atoms with van der Waals surface area (Å²) < 4.78 is 4.77. The van der Waals surface area contributed by atoms with E-state index in [1.165, 1.54) is 18.2 Å². The maximum absolute atomic E-state index is 12.1. The van der Waals surface area contributed by atoms with Gasteiger partial charge in [0.15, 0.2) is 0 Å². The van der Waals surface area contributed by atoms with Crippen molar-refractivity contribution in [3.8, 4) is 0 Å². The Labute approximate surface area is 135 Å². The molecule has 23 heavy (non-hydrogen) atoms. The molecule has 0 saturated carbocycles. The largest absolute Gasteiger partial charge is 0.467 e. The summed E-state index contributed by atoms with van der Waals surface area (Å²) in [6.07, 6.45) is 2.74. The molecule has 0 aliphatic carbocycles. The van der Waals surface area contributed by atoms with Crippen molar-refractivity contribution in [2.75, 3.05) is 12.0 Å². The Balaban J connectivity index is 2.66. The zero-order valence-electron chi connectivity index (χ0n) is 12.3. The molecule has 0 aliphatic rings. The molecule has 10 nitrogen and oxygen atoms in total. The van der Waals surface area contributed by atoms with Crippen molar-refractivity contribution in [3.05, 3.63) is 33.9 Å². The van der Waals surface area contributed by atoms with Gasteiger partial charge in [0.2, 0.25) is 11.1 Å². The quantitative estimate of drug-likeness (QED) is 0.365. The van der Waals surface area contributed by atoms with Crippen LogP contribution in [0.1, 0.15) is 13.3 Å². The molecule has 1 N–H and O–H groups in total. The summed E-state index contributed by atoms with van der Waals surface area (Å²) in [7, 11) is 1.23. The third-order valence-electron chi connectivity index (χ3n) is 3.06. The van der Waals surface area contributed by atoms with Crippen LogP contribution in [-0.4, -0.2) is 44.2 Å². The van der Waals surface area contributed by atoms with E-state index in [4.69, 9.17) is 16.3 Å². The van der Waals surface area contributed by atoms with Gasteiger partial charge in [0.1, 0.15) is 18.1 Å². The highest BCUT2D eigenvalue weighted by atomic mass is 35.5. The zero-order valence-corrected chi connectivity index (χ0v) is 13.0. The van der Waals surface area contributed by atoms with Crippen LogP contribution >= 0.6 is 11.6 Å². The van der Waals surface area contributed by atoms with E-state index in [1.807, 2.05) is 0 Å². The fourth-order valence-electron chi connectivity index (χ4n) is 2.05. The minimum atomic E-state index is -0.856. The van der Waals surface area contributed by atoms with Crippen molar-refractivity contribution in [1.82, 2.24) is 20.2 Å². The zero-order chi connectivity index (χ0) is 17.0. The van der Waals surface area contributed by atoms with E-state index in [1.54, 1.807) is 13.0 Å². The second kappa shape index (κ2) is 7.01. The van der Waals surface area contributed by atoms with Crippen molar-refractivity contribution < 1.29 is 14.5 Å². The molecular formula is C12H13ClN6O4. The normalized spacial score (nSPS) is 11.8. The molecule has 0 amide bonds. The van der Waals surface area contributed by atoms with Gasteiger partial charge < -0.3 is 4.74 Å². The first kappa shape index (κ1) is 16.6. The van der Waals surface area contributed by atoms with Crippen molar-refractivity contribution >= 4 is 34.9 Å². The summed E-state index contributed by atoms with van der Waals surface area (Å²) in [5, 5.41) is 17.5. The molecule has 0 fully saturated rings. The van der Waals surface area contributed by atoms with Crippen LogP contribution in [0.15, 0.2) is 18.5 Å². The third kappa shape index (κ3) is 3.37. The lowest BCUT2D eigenvalue weighted by Gasteiger charge is -2.28. The molecule has 2 aromatic heterocycles. The standard InChI is InChI=1S/C12H13ClN6O4/c1-3-7(11(20)23-2)18(9-4-5-15-17-9)10-8(19(21)22)6-14-12(13)16-10/h4-7H,3H2,1-2H3,(H,15,17). The van der Waals surface area contributed by atoms with Crippen LogP contribution in [0.3, 0.4) is 0 Å². The maximum atomic E-state index is 12.1.